The monoisotopic (exact) mass is 354 g/mol. The number of aromatic nitrogens is 1. The minimum absolute atomic E-state index is 0. The molecule has 0 aromatic carbocycles. The molecule has 0 bridgehead atoms. The van der Waals surface area contributed by atoms with Crippen LogP contribution in [0.5, 0.6) is 0 Å². The zero-order valence-corrected chi connectivity index (χ0v) is 15.3. The van der Waals surface area contributed by atoms with Crippen LogP contribution in [0.2, 0.25) is 0 Å². The molecule has 0 aliphatic heterocycles. The fourth-order valence-electron chi connectivity index (χ4n) is 3.23. The van der Waals surface area contributed by atoms with E-state index < -0.39 is 5.91 Å². The van der Waals surface area contributed by atoms with E-state index in [1.54, 1.807) is 12.3 Å². The van der Waals surface area contributed by atoms with Crippen molar-refractivity contribution >= 4 is 5.91 Å². The van der Waals surface area contributed by atoms with Crippen molar-refractivity contribution in [2.24, 2.45) is 5.73 Å². The lowest BCUT2D eigenvalue weighted by Crippen LogP contribution is -3.00. The molecule has 1 amide bonds. The van der Waals surface area contributed by atoms with E-state index in [1.807, 2.05) is 16.8 Å². The molecular weight excluding hydrogens is 324 g/mol. The third-order valence-electron chi connectivity index (χ3n) is 4.65. The van der Waals surface area contributed by atoms with E-state index in [9.17, 15) is 4.79 Å². The number of carbonyl (C=O) groups is 1. The van der Waals surface area contributed by atoms with Crippen molar-refractivity contribution in [1.29, 1.82) is 0 Å². The largest absolute Gasteiger partial charge is 1.00 e. The van der Waals surface area contributed by atoms with E-state index in [1.165, 1.54) is 57.8 Å². The summed E-state index contributed by atoms with van der Waals surface area (Å²) in [7, 11) is 0. The van der Waals surface area contributed by atoms with Gasteiger partial charge in [0, 0.05) is 6.07 Å². The van der Waals surface area contributed by atoms with Crippen molar-refractivity contribution in [3.8, 4) is 0 Å². The summed E-state index contributed by atoms with van der Waals surface area (Å²) in [6, 6.07) is 3.57. The predicted octanol–water partition coefficient (Wildman–Crippen LogP) is 0.724. The van der Waals surface area contributed by atoms with Crippen LogP contribution in [0.3, 0.4) is 0 Å². The summed E-state index contributed by atoms with van der Waals surface area (Å²) in [5, 5.41) is 0. The van der Waals surface area contributed by atoms with E-state index in [2.05, 4.69) is 0 Å². The van der Waals surface area contributed by atoms with Gasteiger partial charge in [0.1, 0.15) is 5.56 Å². The third kappa shape index (κ3) is 8.11. The fraction of sp³-hybridized carbons (Fsp3) is 0.684. The molecule has 1 heterocycles. The number of primary amides is 1. The van der Waals surface area contributed by atoms with Crippen molar-refractivity contribution in [1.82, 2.24) is 0 Å². The second-order valence-electron chi connectivity index (χ2n) is 6.65. The summed E-state index contributed by atoms with van der Waals surface area (Å²) in [4.78, 5) is 11.2. The van der Waals surface area contributed by atoms with Crippen molar-refractivity contribution in [3.63, 3.8) is 0 Å². The number of rotatable bonds is 4. The zero-order chi connectivity index (χ0) is 16.3. The van der Waals surface area contributed by atoms with Crippen LogP contribution in [0.1, 0.15) is 81.0 Å². The smallest absolute Gasteiger partial charge is 0.254 e. The van der Waals surface area contributed by atoms with E-state index in [-0.39, 0.29) is 12.4 Å². The van der Waals surface area contributed by atoms with Crippen molar-refractivity contribution in [2.75, 3.05) is 0 Å². The molecule has 0 radical (unpaired) electrons. The average molecular weight is 355 g/mol. The highest BCUT2D eigenvalue weighted by atomic mass is 35.5. The predicted molar refractivity (Wildman–Crippen MR) is 90.8 cm³/mol. The van der Waals surface area contributed by atoms with E-state index >= 15 is 0 Å². The Kier molecular flexibility index (Phi) is 10.7. The topological polar surface area (TPSA) is 56.2 Å². The molecule has 1 aromatic heterocycles. The minimum Gasteiger partial charge on any atom is -1.00 e. The Hall–Kier alpha value is -1.13. The van der Waals surface area contributed by atoms with Gasteiger partial charge in [-0.05, 0) is 18.9 Å². The summed E-state index contributed by atoms with van der Waals surface area (Å²) in [6.07, 6.45) is 18.4. The molecule has 2 N–H and O–H groups in total. The van der Waals surface area contributed by atoms with Gasteiger partial charge in [-0.2, -0.15) is 4.57 Å². The second-order valence-corrected chi connectivity index (χ2v) is 6.65. The van der Waals surface area contributed by atoms with Gasteiger partial charge >= 0.3 is 0 Å². The number of nitrogens with zero attached hydrogens (tertiary/aromatic N) is 1. The maximum Gasteiger partial charge on any atom is 0.254 e. The summed E-state index contributed by atoms with van der Waals surface area (Å²) >= 11 is 0. The molecule has 1 saturated carbocycles. The number of nitrogens with two attached hydrogens (primary N) is 1. The molecule has 1 aromatic rings. The lowest BCUT2D eigenvalue weighted by molar-refractivity contribution is -0.735. The highest BCUT2D eigenvalue weighted by Crippen LogP contribution is 2.18. The van der Waals surface area contributed by atoms with Crippen molar-refractivity contribution in [2.45, 2.75) is 83.5 Å². The van der Waals surface area contributed by atoms with Gasteiger partial charge in [0.15, 0.2) is 12.4 Å². The number of carbonyl (C=O) groups excluding carboxylic acids is 1. The van der Waals surface area contributed by atoms with E-state index in [4.69, 9.17) is 10.5 Å². The van der Waals surface area contributed by atoms with Gasteiger partial charge in [-0.3, -0.25) is 4.79 Å². The van der Waals surface area contributed by atoms with Crippen LogP contribution in [0, 0.1) is 0 Å². The second kappa shape index (κ2) is 12.3. The van der Waals surface area contributed by atoms with Gasteiger partial charge in [-0.15, -0.1) is 0 Å². The summed E-state index contributed by atoms with van der Waals surface area (Å²) < 4.78 is 8.02. The maximum atomic E-state index is 11.2. The highest BCUT2D eigenvalue weighted by Gasteiger charge is 2.13. The molecule has 0 saturated heterocycles. The molecule has 0 unspecified atom stereocenters. The molecule has 136 valence electrons. The number of hydrogen-bond acceptors (Lipinski definition) is 2. The van der Waals surface area contributed by atoms with E-state index in [0.717, 1.165) is 12.8 Å². The molecule has 1 aliphatic rings. The summed E-state index contributed by atoms with van der Waals surface area (Å²) in [5.41, 5.74) is 5.85. The van der Waals surface area contributed by atoms with Crippen LogP contribution in [-0.2, 0) is 11.5 Å². The van der Waals surface area contributed by atoms with Gasteiger partial charge in [-0.25, -0.2) is 0 Å². The number of ether oxygens (including phenoxy) is 1. The summed E-state index contributed by atoms with van der Waals surface area (Å²) in [6.45, 7) is 0.492. The van der Waals surface area contributed by atoms with Crippen LogP contribution in [-0.4, -0.2) is 12.0 Å². The molecule has 0 spiro atoms. The first-order valence-corrected chi connectivity index (χ1v) is 9.16. The first-order chi connectivity index (χ1) is 11.3. The van der Waals surface area contributed by atoms with Crippen LogP contribution >= 0.6 is 0 Å². The SMILES string of the molecule is NC(=O)c1ccc[n+](COC2CCCCCCCCCCC2)c1.[Cl-]. The molecule has 0 atom stereocenters. The van der Waals surface area contributed by atoms with Gasteiger partial charge in [0.2, 0.25) is 0 Å². The highest BCUT2D eigenvalue weighted by molar-refractivity contribution is 5.92. The fourth-order valence-corrected chi connectivity index (χ4v) is 3.23. The minimum atomic E-state index is -0.398. The molecule has 1 fully saturated rings. The quantitative estimate of drug-likeness (QED) is 0.810. The normalized spacial score (nSPS) is 18.0. The van der Waals surface area contributed by atoms with Gasteiger partial charge in [0.25, 0.3) is 12.6 Å². The summed E-state index contributed by atoms with van der Waals surface area (Å²) in [5.74, 6) is -0.398. The van der Waals surface area contributed by atoms with Gasteiger partial charge in [-0.1, -0.05) is 57.8 Å². The van der Waals surface area contributed by atoms with Crippen LogP contribution in [0.25, 0.3) is 0 Å². The van der Waals surface area contributed by atoms with Crippen molar-refractivity contribution in [3.05, 3.63) is 30.1 Å². The number of hydrogen-bond donors (Lipinski definition) is 1. The third-order valence-corrected chi connectivity index (χ3v) is 4.65. The van der Waals surface area contributed by atoms with Crippen molar-refractivity contribution < 1.29 is 26.5 Å². The Morgan fingerprint density at radius 1 is 1.04 bits per heavy atom. The van der Waals surface area contributed by atoms with Gasteiger partial charge in [0.05, 0.1) is 6.10 Å². The molecule has 1 aliphatic carbocycles. The lowest BCUT2D eigenvalue weighted by atomic mass is 9.99. The maximum absolute atomic E-state index is 11.2. The lowest BCUT2D eigenvalue weighted by Gasteiger charge is -2.17. The average Bonchev–Trinajstić information content (AvgIpc) is 2.54. The molecule has 5 heteroatoms. The van der Waals surface area contributed by atoms with Crippen LogP contribution < -0.4 is 22.7 Å². The Balaban J connectivity index is 0.00000288. The number of amides is 1. The molecule has 2 rings (SSSR count). The molecular formula is C19H31ClN2O2. The van der Waals surface area contributed by atoms with Crippen LogP contribution in [0.15, 0.2) is 24.5 Å². The molecule has 4 nitrogen and oxygen atoms in total. The Morgan fingerprint density at radius 3 is 2.12 bits per heavy atom. The number of pyridine rings is 1. The molecule has 24 heavy (non-hydrogen) atoms. The Morgan fingerprint density at radius 2 is 1.58 bits per heavy atom. The Labute approximate surface area is 152 Å². The Bertz CT molecular complexity index is 470. The van der Waals surface area contributed by atoms with Gasteiger partial charge < -0.3 is 22.9 Å². The first kappa shape index (κ1) is 20.9. The van der Waals surface area contributed by atoms with E-state index in [0.29, 0.717) is 18.4 Å². The van der Waals surface area contributed by atoms with Crippen LogP contribution in [0.4, 0.5) is 0 Å². The zero-order valence-electron chi connectivity index (χ0n) is 14.6. The standard InChI is InChI=1S/C19H30N2O2.ClH/c20-19(22)17-11-10-14-21(15-17)16-23-18-12-8-6-4-2-1-3-5-7-9-13-18;/h10-11,14-15,18H,1-9,12-13,16H2,(H-,20,22);1H. The first-order valence-electron chi connectivity index (χ1n) is 9.16. The number of halogens is 1.